The van der Waals surface area contributed by atoms with Gasteiger partial charge in [-0.25, -0.2) is 8.78 Å². The monoisotopic (exact) mass is 350 g/mol. The first-order chi connectivity index (χ1) is 12.6. The molecule has 0 saturated carbocycles. The molecule has 3 aromatic carbocycles. The van der Waals surface area contributed by atoms with Crippen LogP contribution in [0.25, 0.3) is 22.4 Å². The number of ether oxygens (including phenoxy) is 1. The van der Waals surface area contributed by atoms with Gasteiger partial charge in [0, 0.05) is 11.1 Å². The molecule has 0 aliphatic rings. The maximum Gasteiger partial charge on any atom is 0.166 e. The minimum absolute atomic E-state index is 0.183. The maximum atomic E-state index is 14.6. The van der Waals surface area contributed by atoms with Crippen molar-refractivity contribution in [2.75, 3.05) is 7.11 Å². The van der Waals surface area contributed by atoms with Gasteiger partial charge in [-0.2, -0.15) is 0 Å². The molecule has 0 aliphatic heterocycles. The van der Waals surface area contributed by atoms with Gasteiger partial charge >= 0.3 is 0 Å². The lowest BCUT2D eigenvalue weighted by atomic mass is 10.0. The summed E-state index contributed by atoms with van der Waals surface area (Å²) >= 11 is 0. The highest BCUT2D eigenvalue weighted by atomic mass is 19.2. The number of methoxy groups -OCH3 is 1. The third-order valence-electron chi connectivity index (χ3n) is 4.33. The fourth-order valence-electron chi connectivity index (χ4n) is 2.85. The van der Waals surface area contributed by atoms with E-state index in [0.717, 1.165) is 23.6 Å². The summed E-state index contributed by atoms with van der Waals surface area (Å²) < 4.78 is 34.2. The van der Waals surface area contributed by atoms with Gasteiger partial charge in [-0.3, -0.25) is 0 Å². The van der Waals surface area contributed by atoms with Gasteiger partial charge in [0.05, 0.1) is 7.11 Å². The third kappa shape index (κ3) is 3.83. The van der Waals surface area contributed by atoms with Gasteiger partial charge in [-0.05, 0) is 59.5 Å². The van der Waals surface area contributed by atoms with Crippen molar-refractivity contribution in [1.29, 1.82) is 0 Å². The quantitative estimate of drug-likeness (QED) is 0.354. The Balaban J connectivity index is 1.93. The molecule has 0 aromatic heterocycles. The van der Waals surface area contributed by atoms with Gasteiger partial charge in [0.2, 0.25) is 0 Å². The highest BCUT2D eigenvalue weighted by Gasteiger charge is 2.12. The van der Waals surface area contributed by atoms with Crippen LogP contribution in [0.1, 0.15) is 23.1 Å². The largest absolute Gasteiger partial charge is 0.497 e. The van der Waals surface area contributed by atoms with E-state index in [0.29, 0.717) is 5.75 Å². The zero-order valence-corrected chi connectivity index (χ0v) is 14.6. The van der Waals surface area contributed by atoms with Crippen molar-refractivity contribution in [3.63, 3.8) is 0 Å². The van der Waals surface area contributed by atoms with E-state index in [1.54, 1.807) is 24.3 Å². The molecule has 0 unspecified atom stereocenters. The Bertz CT molecular complexity index is 956. The summed E-state index contributed by atoms with van der Waals surface area (Å²) in [6, 6.07) is 17.3. The summed E-state index contributed by atoms with van der Waals surface area (Å²) in [5, 5.41) is 1.88. The van der Waals surface area contributed by atoms with Gasteiger partial charge in [0.15, 0.2) is 11.7 Å². The number of hydrogen-bond donors (Lipinski definition) is 0. The molecule has 0 heterocycles. The lowest BCUT2D eigenvalue weighted by molar-refractivity contribution is 0.414. The molecule has 0 amide bonds. The molecule has 3 heteroatoms. The first-order valence-corrected chi connectivity index (χ1v) is 8.46. The Kier molecular flexibility index (Phi) is 5.47. The number of benzene rings is 3. The maximum absolute atomic E-state index is 14.6. The Morgan fingerprint density at radius 1 is 0.885 bits per heavy atom. The molecule has 0 N–H and O–H groups in total. The number of aryl methyl sites for hydroxylation is 1. The minimum Gasteiger partial charge on any atom is -0.497 e. The Morgan fingerprint density at radius 2 is 1.50 bits per heavy atom. The van der Waals surface area contributed by atoms with Crippen LogP contribution in [0.15, 0.2) is 73.3 Å². The van der Waals surface area contributed by atoms with Crippen molar-refractivity contribution in [2.45, 2.75) is 12.8 Å². The summed E-state index contributed by atoms with van der Waals surface area (Å²) in [5.74, 6) is -1.15. The van der Waals surface area contributed by atoms with Crippen LogP contribution in [0.3, 0.4) is 0 Å². The van der Waals surface area contributed by atoms with Crippen LogP contribution in [0.5, 0.6) is 5.75 Å². The topological polar surface area (TPSA) is 9.23 Å². The molecule has 0 bridgehead atoms. The Hall–Kier alpha value is -2.94. The van der Waals surface area contributed by atoms with E-state index in [-0.39, 0.29) is 11.1 Å². The van der Waals surface area contributed by atoms with Crippen LogP contribution < -0.4 is 4.74 Å². The summed E-state index contributed by atoms with van der Waals surface area (Å²) in [7, 11) is 1.53. The van der Waals surface area contributed by atoms with Crippen molar-refractivity contribution < 1.29 is 13.5 Å². The van der Waals surface area contributed by atoms with Crippen molar-refractivity contribution in [1.82, 2.24) is 0 Å². The van der Waals surface area contributed by atoms with E-state index in [1.165, 1.54) is 24.8 Å². The molecule has 3 rings (SSSR count). The molecule has 0 fully saturated rings. The zero-order valence-electron chi connectivity index (χ0n) is 14.6. The summed E-state index contributed by atoms with van der Waals surface area (Å²) in [5.41, 5.74) is 1.61. The van der Waals surface area contributed by atoms with E-state index in [1.807, 2.05) is 24.3 Å². The molecule has 0 saturated heterocycles. The molecule has 1 nitrogen and oxygen atoms in total. The first kappa shape index (κ1) is 17.9. The molecular weight excluding hydrogens is 330 g/mol. The van der Waals surface area contributed by atoms with E-state index in [2.05, 4.69) is 12.6 Å². The molecule has 132 valence electrons. The fourth-order valence-corrected chi connectivity index (χ4v) is 2.85. The van der Waals surface area contributed by atoms with E-state index >= 15 is 0 Å². The van der Waals surface area contributed by atoms with Crippen molar-refractivity contribution in [2.24, 2.45) is 0 Å². The van der Waals surface area contributed by atoms with Crippen molar-refractivity contribution in [3.8, 4) is 5.75 Å². The average molecular weight is 350 g/mol. The summed E-state index contributed by atoms with van der Waals surface area (Å²) in [4.78, 5) is 0. The highest BCUT2D eigenvalue weighted by Crippen LogP contribution is 2.31. The van der Waals surface area contributed by atoms with Crippen LogP contribution >= 0.6 is 0 Å². The second-order valence-corrected chi connectivity index (χ2v) is 6.08. The predicted octanol–water partition coefficient (Wildman–Crippen LogP) is 6.73. The van der Waals surface area contributed by atoms with Crippen LogP contribution in [0.4, 0.5) is 8.78 Å². The number of halogens is 2. The first-order valence-electron chi connectivity index (χ1n) is 8.46. The second kappa shape index (κ2) is 7.96. The molecule has 0 atom stereocenters. The van der Waals surface area contributed by atoms with E-state index in [4.69, 9.17) is 4.74 Å². The lowest BCUT2D eigenvalue weighted by Crippen LogP contribution is -1.88. The van der Waals surface area contributed by atoms with Crippen molar-refractivity contribution in [3.05, 3.63) is 90.0 Å². The van der Waals surface area contributed by atoms with Crippen LogP contribution in [-0.2, 0) is 6.42 Å². The molecule has 0 radical (unpaired) electrons. The van der Waals surface area contributed by atoms with Crippen molar-refractivity contribution >= 4 is 22.4 Å². The average Bonchev–Trinajstić information content (AvgIpc) is 2.70. The van der Waals surface area contributed by atoms with Gasteiger partial charge in [-0.1, -0.05) is 36.4 Å². The molecule has 26 heavy (non-hydrogen) atoms. The van der Waals surface area contributed by atoms with Crippen LogP contribution in [-0.4, -0.2) is 7.11 Å². The number of fused-ring (bicyclic) bond motifs is 1. The molecule has 0 spiro atoms. The van der Waals surface area contributed by atoms with Crippen LogP contribution in [0, 0.1) is 0 Å². The standard InChI is InChI=1S/C23H20F2O/c1-3-4-5-16-6-7-19-15-20(9-8-18(19)14-16)23(25)22(24)17-10-12-21(26-2)13-11-17/h3,6-15H,1,4-5H2,2H3. The fraction of sp³-hybridized carbons (Fsp3) is 0.130. The molecule has 3 aromatic rings. The van der Waals surface area contributed by atoms with Gasteiger partial charge < -0.3 is 4.74 Å². The van der Waals surface area contributed by atoms with E-state index < -0.39 is 11.7 Å². The molecule has 0 aliphatic carbocycles. The summed E-state index contributed by atoms with van der Waals surface area (Å²) in [6.07, 6.45) is 3.71. The predicted molar refractivity (Wildman–Crippen MR) is 104 cm³/mol. The van der Waals surface area contributed by atoms with Gasteiger partial charge in [-0.15, -0.1) is 6.58 Å². The smallest absolute Gasteiger partial charge is 0.166 e. The molecular formula is C23H20F2O. The normalized spacial score (nSPS) is 12.0. The Morgan fingerprint density at radius 3 is 2.19 bits per heavy atom. The van der Waals surface area contributed by atoms with E-state index in [9.17, 15) is 8.78 Å². The number of allylic oxidation sites excluding steroid dienone is 1. The van der Waals surface area contributed by atoms with Crippen LogP contribution in [0.2, 0.25) is 0 Å². The number of hydrogen-bond acceptors (Lipinski definition) is 1. The minimum atomic E-state index is -0.880. The lowest BCUT2D eigenvalue weighted by Gasteiger charge is -2.07. The van der Waals surface area contributed by atoms with Gasteiger partial charge in [0.1, 0.15) is 5.75 Å². The zero-order chi connectivity index (χ0) is 18.5. The second-order valence-electron chi connectivity index (χ2n) is 6.08. The SMILES string of the molecule is C=CCCc1ccc2cc(C(F)=C(F)c3ccc(OC)cc3)ccc2c1. The Labute approximate surface area is 152 Å². The third-order valence-corrected chi connectivity index (χ3v) is 4.33. The van der Waals surface area contributed by atoms with Gasteiger partial charge in [0.25, 0.3) is 0 Å². The highest BCUT2D eigenvalue weighted by molar-refractivity contribution is 5.90. The number of rotatable bonds is 6. The summed E-state index contributed by atoms with van der Waals surface area (Å²) in [6.45, 7) is 3.73.